The highest BCUT2D eigenvalue weighted by molar-refractivity contribution is 7.09. The summed E-state index contributed by atoms with van der Waals surface area (Å²) in [5, 5.41) is 16.9. The van der Waals surface area contributed by atoms with Crippen molar-refractivity contribution in [1.29, 1.82) is 0 Å². The molecule has 0 aliphatic rings. The number of benzene rings is 2. The molecule has 4 aromatic rings. The zero-order valence-corrected chi connectivity index (χ0v) is 15.8. The van der Waals surface area contributed by atoms with Crippen molar-refractivity contribution in [3.05, 3.63) is 76.5 Å². The number of anilines is 1. The number of ether oxygens (including phenoxy) is 1. The van der Waals surface area contributed by atoms with E-state index in [1.165, 1.54) is 11.0 Å². The molecule has 2 aromatic carbocycles. The first-order chi connectivity index (χ1) is 13.7. The molecular formula is C19H16N6O2S. The molecule has 0 saturated carbocycles. The lowest BCUT2D eigenvalue weighted by molar-refractivity contribution is 0.102. The maximum Gasteiger partial charge on any atom is 0.255 e. The summed E-state index contributed by atoms with van der Waals surface area (Å²) < 4.78 is 7.27. The van der Waals surface area contributed by atoms with Crippen molar-refractivity contribution in [2.45, 2.75) is 13.5 Å². The Hall–Kier alpha value is -3.59. The fourth-order valence-corrected chi connectivity index (χ4v) is 3.17. The second kappa shape index (κ2) is 7.97. The minimum absolute atomic E-state index is 0.233. The highest BCUT2D eigenvalue weighted by Gasteiger charge is 2.09. The summed E-state index contributed by atoms with van der Waals surface area (Å²) in [5.74, 6) is 0.379. The monoisotopic (exact) mass is 392 g/mol. The lowest BCUT2D eigenvalue weighted by Crippen LogP contribution is -2.12. The van der Waals surface area contributed by atoms with Crippen molar-refractivity contribution >= 4 is 22.9 Å². The van der Waals surface area contributed by atoms with Crippen LogP contribution in [0.4, 0.5) is 5.69 Å². The van der Waals surface area contributed by atoms with Crippen LogP contribution in [0.25, 0.3) is 5.69 Å². The predicted molar refractivity (Wildman–Crippen MR) is 105 cm³/mol. The van der Waals surface area contributed by atoms with Crippen molar-refractivity contribution in [3.63, 3.8) is 0 Å². The number of aromatic nitrogens is 5. The fraction of sp³-hybridized carbons (Fsp3) is 0.105. The highest BCUT2D eigenvalue weighted by atomic mass is 32.1. The number of amides is 1. The van der Waals surface area contributed by atoms with Gasteiger partial charge in [-0.2, -0.15) is 0 Å². The molecule has 0 aliphatic heterocycles. The normalized spacial score (nSPS) is 10.6. The molecular weight excluding hydrogens is 376 g/mol. The number of nitrogens with zero attached hydrogens (tertiary/aromatic N) is 5. The molecule has 0 atom stereocenters. The van der Waals surface area contributed by atoms with Gasteiger partial charge in [-0.25, -0.2) is 9.67 Å². The first-order valence-corrected chi connectivity index (χ1v) is 9.34. The van der Waals surface area contributed by atoms with Crippen LogP contribution in [0.1, 0.15) is 21.1 Å². The molecule has 9 heteroatoms. The Morgan fingerprint density at radius 3 is 2.89 bits per heavy atom. The third kappa shape index (κ3) is 4.21. The number of nitrogens with one attached hydrogen (secondary N) is 1. The minimum atomic E-state index is -0.233. The number of hydrogen-bond acceptors (Lipinski definition) is 7. The average Bonchev–Trinajstić information content (AvgIpc) is 3.39. The van der Waals surface area contributed by atoms with Crippen LogP contribution in [-0.2, 0) is 6.61 Å². The molecule has 0 spiro atoms. The molecule has 28 heavy (non-hydrogen) atoms. The zero-order chi connectivity index (χ0) is 19.3. The maximum absolute atomic E-state index is 12.6. The van der Waals surface area contributed by atoms with Gasteiger partial charge >= 0.3 is 0 Å². The molecule has 0 unspecified atom stereocenters. The topological polar surface area (TPSA) is 94.8 Å². The molecule has 0 aliphatic carbocycles. The van der Waals surface area contributed by atoms with Gasteiger partial charge in [0.2, 0.25) is 0 Å². The third-order valence-electron chi connectivity index (χ3n) is 3.87. The van der Waals surface area contributed by atoms with E-state index in [2.05, 4.69) is 25.8 Å². The summed E-state index contributed by atoms with van der Waals surface area (Å²) >= 11 is 1.58. The Morgan fingerprint density at radius 2 is 2.11 bits per heavy atom. The van der Waals surface area contributed by atoms with Crippen LogP contribution in [0.15, 0.2) is 60.2 Å². The van der Waals surface area contributed by atoms with Gasteiger partial charge in [0.15, 0.2) is 0 Å². The zero-order valence-electron chi connectivity index (χ0n) is 14.9. The van der Waals surface area contributed by atoms with E-state index in [1.54, 1.807) is 41.7 Å². The second-order valence-electron chi connectivity index (χ2n) is 5.93. The molecule has 4 rings (SSSR count). The van der Waals surface area contributed by atoms with E-state index >= 15 is 0 Å². The van der Waals surface area contributed by atoms with E-state index in [4.69, 9.17) is 4.74 Å². The van der Waals surface area contributed by atoms with Crippen LogP contribution in [0, 0.1) is 6.92 Å². The largest absolute Gasteiger partial charge is 0.487 e. The number of rotatable bonds is 6. The van der Waals surface area contributed by atoms with Crippen molar-refractivity contribution in [1.82, 2.24) is 25.2 Å². The van der Waals surface area contributed by atoms with Gasteiger partial charge in [0.25, 0.3) is 5.91 Å². The standard InChI is InChI=1S/C19H16N6O2S/c1-13-21-16(11-28-13)10-27-18-7-2-4-14(8-18)19(26)22-15-5-3-6-17(9-15)25-12-20-23-24-25/h2-9,11-12H,10H2,1H3,(H,22,26). The van der Waals surface area contributed by atoms with Gasteiger partial charge in [-0.1, -0.05) is 12.1 Å². The van der Waals surface area contributed by atoms with Gasteiger partial charge in [-0.05, 0) is 53.7 Å². The highest BCUT2D eigenvalue weighted by Crippen LogP contribution is 2.19. The lowest BCUT2D eigenvalue weighted by Gasteiger charge is -2.09. The quantitative estimate of drug-likeness (QED) is 0.541. The Morgan fingerprint density at radius 1 is 1.21 bits per heavy atom. The van der Waals surface area contributed by atoms with Gasteiger partial charge in [-0.3, -0.25) is 4.79 Å². The molecule has 0 fully saturated rings. The maximum atomic E-state index is 12.6. The van der Waals surface area contributed by atoms with Crippen molar-refractivity contribution in [2.24, 2.45) is 0 Å². The fourth-order valence-electron chi connectivity index (χ4n) is 2.57. The van der Waals surface area contributed by atoms with Crippen LogP contribution in [0.2, 0.25) is 0 Å². The van der Waals surface area contributed by atoms with E-state index in [-0.39, 0.29) is 5.91 Å². The molecule has 140 valence electrons. The number of thiazole rings is 1. The Balaban J connectivity index is 1.44. The summed E-state index contributed by atoms with van der Waals surface area (Å²) in [6, 6.07) is 14.3. The molecule has 2 aromatic heterocycles. The van der Waals surface area contributed by atoms with E-state index in [0.717, 1.165) is 16.4 Å². The van der Waals surface area contributed by atoms with Crippen LogP contribution in [-0.4, -0.2) is 31.1 Å². The Bertz CT molecular complexity index is 1090. The van der Waals surface area contributed by atoms with Crippen molar-refractivity contribution < 1.29 is 9.53 Å². The first-order valence-electron chi connectivity index (χ1n) is 8.46. The van der Waals surface area contributed by atoms with Crippen LogP contribution in [0.3, 0.4) is 0 Å². The average molecular weight is 392 g/mol. The van der Waals surface area contributed by atoms with Gasteiger partial charge in [-0.15, -0.1) is 16.4 Å². The minimum Gasteiger partial charge on any atom is -0.487 e. The molecule has 0 saturated heterocycles. The molecule has 0 bridgehead atoms. The summed E-state index contributed by atoms with van der Waals surface area (Å²) in [5.41, 5.74) is 2.76. The number of tetrazole rings is 1. The molecule has 8 nitrogen and oxygen atoms in total. The van der Waals surface area contributed by atoms with E-state index < -0.39 is 0 Å². The third-order valence-corrected chi connectivity index (χ3v) is 4.69. The Labute approximate surface area is 164 Å². The Kier molecular flexibility index (Phi) is 5.07. The van der Waals surface area contributed by atoms with E-state index in [1.807, 2.05) is 30.5 Å². The smallest absolute Gasteiger partial charge is 0.255 e. The predicted octanol–water partition coefficient (Wildman–Crippen LogP) is 3.26. The number of hydrogen-bond donors (Lipinski definition) is 1. The second-order valence-corrected chi connectivity index (χ2v) is 7.00. The molecule has 1 N–H and O–H groups in total. The SMILES string of the molecule is Cc1nc(COc2cccc(C(=O)Nc3cccc(-n4cnnn4)c3)c2)cs1. The summed E-state index contributed by atoms with van der Waals surface area (Å²) in [6.07, 6.45) is 1.49. The summed E-state index contributed by atoms with van der Waals surface area (Å²) in [6.45, 7) is 2.32. The van der Waals surface area contributed by atoms with Gasteiger partial charge < -0.3 is 10.1 Å². The number of carbonyl (C=O) groups excluding carboxylic acids is 1. The van der Waals surface area contributed by atoms with Gasteiger partial charge in [0.05, 0.1) is 16.4 Å². The molecule has 0 radical (unpaired) electrons. The summed E-state index contributed by atoms with van der Waals surface area (Å²) in [4.78, 5) is 17.0. The van der Waals surface area contributed by atoms with Crippen LogP contribution in [0.5, 0.6) is 5.75 Å². The molecule has 2 heterocycles. The van der Waals surface area contributed by atoms with Crippen molar-refractivity contribution in [3.8, 4) is 11.4 Å². The van der Waals surface area contributed by atoms with Crippen molar-refractivity contribution in [2.75, 3.05) is 5.32 Å². The lowest BCUT2D eigenvalue weighted by atomic mass is 10.2. The van der Waals surface area contributed by atoms with Crippen LogP contribution < -0.4 is 10.1 Å². The van der Waals surface area contributed by atoms with Gasteiger partial charge in [0.1, 0.15) is 18.7 Å². The first kappa shape index (κ1) is 17.8. The van der Waals surface area contributed by atoms with Gasteiger partial charge in [0, 0.05) is 16.6 Å². The van der Waals surface area contributed by atoms with E-state index in [0.29, 0.717) is 23.6 Å². The number of carbonyl (C=O) groups is 1. The summed E-state index contributed by atoms with van der Waals surface area (Å²) in [7, 11) is 0. The molecule has 1 amide bonds. The van der Waals surface area contributed by atoms with Crippen LogP contribution >= 0.6 is 11.3 Å². The van der Waals surface area contributed by atoms with E-state index in [9.17, 15) is 4.79 Å². The number of aryl methyl sites for hydroxylation is 1.